The molecule has 0 bridgehead atoms. The molecule has 0 radical (unpaired) electrons. The van der Waals surface area contributed by atoms with Gasteiger partial charge in [-0.15, -0.1) is 0 Å². The van der Waals surface area contributed by atoms with Gasteiger partial charge in [-0.2, -0.15) is 0 Å². The Balaban J connectivity index is 1.89. The molecule has 0 spiro atoms. The summed E-state index contributed by atoms with van der Waals surface area (Å²) in [5.41, 5.74) is 0.659. The Morgan fingerprint density at radius 2 is 1.95 bits per heavy atom. The molecule has 1 aromatic carbocycles. The third-order valence-corrected chi connectivity index (χ3v) is 4.35. The first-order chi connectivity index (χ1) is 9.70. The summed E-state index contributed by atoms with van der Waals surface area (Å²) in [4.78, 5) is 12.1. The van der Waals surface area contributed by atoms with Gasteiger partial charge in [-0.1, -0.05) is 25.7 Å². The average Bonchev–Trinajstić information content (AvgIpc) is 2.73. The summed E-state index contributed by atoms with van der Waals surface area (Å²) in [7, 11) is 1.61. The second-order valence-electron chi connectivity index (χ2n) is 5.20. The minimum Gasteiger partial charge on any atom is -0.496 e. The first-order valence-corrected chi connectivity index (χ1v) is 7.98. The van der Waals surface area contributed by atoms with Crippen LogP contribution in [0.2, 0.25) is 0 Å². The average molecular weight is 341 g/mol. The van der Waals surface area contributed by atoms with E-state index in [4.69, 9.17) is 9.47 Å². The maximum Gasteiger partial charge on any atom is 0.188 e. The molecule has 0 atom stereocenters. The van der Waals surface area contributed by atoms with Crippen molar-refractivity contribution in [3.8, 4) is 5.75 Å². The maximum absolute atomic E-state index is 12.1. The predicted molar refractivity (Wildman–Crippen MR) is 82.5 cm³/mol. The Hall–Kier alpha value is -0.870. The van der Waals surface area contributed by atoms with Crippen LogP contribution in [0.25, 0.3) is 0 Å². The summed E-state index contributed by atoms with van der Waals surface area (Å²) >= 11 is 3.40. The lowest BCUT2D eigenvalue weighted by atomic mass is 10.1. The second kappa shape index (κ2) is 7.79. The first-order valence-electron chi connectivity index (χ1n) is 7.19. The third kappa shape index (κ3) is 4.32. The van der Waals surface area contributed by atoms with Gasteiger partial charge in [0.1, 0.15) is 12.4 Å². The molecular formula is C16H21BrO3. The normalized spacial score (nSPS) is 16.7. The smallest absolute Gasteiger partial charge is 0.188 e. The molecule has 1 saturated carbocycles. The summed E-state index contributed by atoms with van der Waals surface area (Å²) in [5, 5.41) is 0. The van der Waals surface area contributed by atoms with Crippen LogP contribution in [0.3, 0.4) is 0 Å². The fraction of sp³-hybridized carbons (Fsp3) is 0.562. The number of hydrogen-bond donors (Lipinski definition) is 0. The zero-order valence-corrected chi connectivity index (χ0v) is 13.4. The van der Waals surface area contributed by atoms with Gasteiger partial charge in [0.15, 0.2) is 5.78 Å². The number of methoxy groups -OCH3 is 1. The summed E-state index contributed by atoms with van der Waals surface area (Å²) < 4.78 is 11.7. The van der Waals surface area contributed by atoms with Gasteiger partial charge in [-0.05, 0) is 47.0 Å². The Bertz CT molecular complexity index is 451. The first kappa shape index (κ1) is 15.5. The van der Waals surface area contributed by atoms with Gasteiger partial charge >= 0.3 is 0 Å². The SMILES string of the molecule is COc1ccc(C(=O)COC2CCCCCC2)cc1Br. The van der Waals surface area contributed by atoms with Crippen molar-refractivity contribution in [2.45, 2.75) is 44.6 Å². The van der Waals surface area contributed by atoms with E-state index >= 15 is 0 Å². The molecular weight excluding hydrogens is 320 g/mol. The van der Waals surface area contributed by atoms with E-state index in [0.717, 1.165) is 23.1 Å². The van der Waals surface area contributed by atoms with Crippen molar-refractivity contribution in [2.75, 3.05) is 13.7 Å². The molecule has 1 aliphatic rings. The molecule has 1 aromatic rings. The fourth-order valence-electron chi connectivity index (χ4n) is 2.53. The standard InChI is InChI=1S/C16H21BrO3/c1-19-16-9-8-12(10-14(16)17)15(18)11-20-13-6-4-2-3-5-7-13/h8-10,13H,2-7,11H2,1H3. The highest BCUT2D eigenvalue weighted by molar-refractivity contribution is 9.10. The fourth-order valence-corrected chi connectivity index (χ4v) is 3.07. The van der Waals surface area contributed by atoms with Crippen molar-refractivity contribution >= 4 is 21.7 Å². The lowest BCUT2D eigenvalue weighted by Crippen LogP contribution is -2.18. The topological polar surface area (TPSA) is 35.5 Å². The van der Waals surface area contributed by atoms with Crippen LogP contribution in [0, 0.1) is 0 Å². The van der Waals surface area contributed by atoms with Crippen LogP contribution < -0.4 is 4.74 Å². The van der Waals surface area contributed by atoms with E-state index in [1.807, 2.05) is 0 Å². The van der Waals surface area contributed by atoms with Gasteiger partial charge < -0.3 is 9.47 Å². The van der Waals surface area contributed by atoms with Crippen molar-refractivity contribution in [3.05, 3.63) is 28.2 Å². The van der Waals surface area contributed by atoms with Crippen LogP contribution in [-0.2, 0) is 4.74 Å². The summed E-state index contributed by atoms with van der Waals surface area (Å²) in [6, 6.07) is 5.36. The number of Topliss-reactive ketones (excluding diaryl/α,β-unsaturated/α-hetero) is 1. The molecule has 0 unspecified atom stereocenters. The molecule has 1 fully saturated rings. The van der Waals surface area contributed by atoms with E-state index in [9.17, 15) is 4.79 Å². The number of halogens is 1. The molecule has 0 aliphatic heterocycles. The highest BCUT2D eigenvalue weighted by Crippen LogP contribution is 2.26. The quantitative estimate of drug-likeness (QED) is 0.589. The molecule has 3 nitrogen and oxygen atoms in total. The summed E-state index contributed by atoms with van der Waals surface area (Å²) in [6.07, 6.45) is 7.43. The monoisotopic (exact) mass is 340 g/mol. The lowest BCUT2D eigenvalue weighted by Gasteiger charge is -2.14. The van der Waals surface area contributed by atoms with Gasteiger partial charge in [0.25, 0.3) is 0 Å². The van der Waals surface area contributed by atoms with Gasteiger partial charge in [-0.3, -0.25) is 4.79 Å². The molecule has 0 saturated heterocycles. The van der Waals surface area contributed by atoms with Crippen LogP contribution in [0.4, 0.5) is 0 Å². The van der Waals surface area contributed by atoms with Crippen LogP contribution in [0.1, 0.15) is 48.9 Å². The van der Waals surface area contributed by atoms with Crippen molar-refractivity contribution in [3.63, 3.8) is 0 Å². The molecule has 0 N–H and O–H groups in total. The number of hydrogen-bond acceptors (Lipinski definition) is 3. The van der Waals surface area contributed by atoms with Gasteiger partial charge in [0, 0.05) is 5.56 Å². The number of benzene rings is 1. The van der Waals surface area contributed by atoms with E-state index in [1.54, 1.807) is 25.3 Å². The zero-order chi connectivity index (χ0) is 14.4. The van der Waals surface area contributed by atoms with Gasteiger partial charge in [-0.25, -0.2) is 0 Å². The van der Waals surface area contributed by atoms with Crippen LogP contribution in [0.15, 0.2) is 22.7 Å². The Morgan fingerprint density at radius 3 is 2.55 bits per heavy atom. The minimum absolute atomic E-state index is 0.0256. The molecule has 2 rings (SSSR count). The maximum atomic E-state index is 12.1. The number of carbonyl (C=O) groups excluding carboxylic acids is 1. The number of ketones is 1. The largest absolute Gasteiger partial charge is 0.496 e. The molecule has 0 amide bonds. The number of ether oxygens (including phenoxy) is 2. The van der Waals surface area contributed by atoms with E-state index < -0.39 is 0 Å². The highest BCUT2D eigenvalue weighted by atomic mass is 79.9. The highest BCUT2D eigenvalue weighted by Gasteiger charge is 2.15. The van der Waals surface area contributed by atoms with Crippen LogP contribution in [-0.4, -0.2) is 25.6 Å². The van der Waals surface area contributed by atoms with Crippen LogP contribution in [0.5, 0.6) is 5.75 Å². The molecule has 0 heterocycles. The molecule has 0 aromatic heterocycles. The van der Waals surface area contributed by atoms with E-state index in [1.165, 1.54) is 25.7 Å². The predicted octanol–water partition coefficient (Wildman–Crippen LogP) is 4.38. The van der Waals surface area contributed by atoms with Crippen LogP contribution >= 0.6 is 15.9 Å². The number of carbonyl (C=O) groups is 1. The van der Waals surface area contributed by atoms with E-state index in [2.05, 4.69) is 15.9 Å². The molecule has 1 aliphatic carbocycles. The molecule has 4 heteroatoms. The van der Waals surface area contributed by atoms with Crippen molar-refractivity contribution in [1.82, 2.24) is 0 Å². The third-order valence-electron chi connectivity index (χ3n) is 3.73. The van der Waals surface area contributed by atoms with Crippen molar-refractivity contribution in [1.29, 1.82) is 0 Å². The minimum atomic E-state index is 0.0256. The van der Waals surface area contributed by atoms with Gasteiger partial charge in [0.05, 0.1) is 17.7 Å². The number of rotatable bonds is 5. The lowest BCUT2D eigenvalue weighted by molar-refractivity contribution is 0.0389. The van der Waals surface area contributed by atoms with Crippen molar-refractivity contribution in [2.24, 2.45) is 0 Å². The summed E-state index contributed by atoms with van der Waals surface area (Å²) in [6.45, 7) is 0.170. The molecule has 20 heavy (non-hydrogen) atoms. The van der Waals surface area contributed by atoms with Crippen molar-refractivity contribution < 1.29 is 14.3 Å². The Labute approximate surface area is 128 Å². The molecule has 110 valence electrons. The second-order valence-corrected chi connectivity index (χ2v) is 6.05. The Kier molecular flexibility index (Phi) is 6.05. The zero-order valence-electron chi connectivity index (χ0n) is 11.9. The summed E-state index contributed by atoms with van der Waals surface area (Å²) in [5.74, 6) is 0.754. The van der Waals surface area contributed by atoms with E-state index in [-0.39, 0.29) is 18.5 Å². The van der Waals surface area contributed by atoms with E-state index in [0.29, 0.717) is 5.56 Å². The Morgan fingerprint density at radius 1 is 1.25 bits per heavy atom. The van der Waals surface area contributed by atoms with Gasteiger partial charge in [0.2, 0.25) is 0 Å².